The lowest BCUT2D eigenvalue weighted by atomic mass is 9.73. The monoisotopic (exact) mass is 455 g/mol. The van der Waals surface area contributed by atoms with Crippen molar-refractivity contribution in [2.45, 2.75) is 13.8 Å². The quantitative estimate of drug-likeness (QED) is 0.508. The zero-order valence-corrected chi connectivity index (χ0v) is 18.5. The summed E-state index contributed by atoms with van der Waals surface area (Å²) in [6, 6.07) is 1.22. The third-order valence-electron chi connectivity index (χ3n) is 6.42. The highest BCUT2D eigenvalue weighted by atomic mass is 19.1. The van der Waals surface area contributed by atoms with Gasteiger partial charge in [0, 0.05) is 68.8 Å². The molecule has 3 aromatic heterocycles. The predicted molar refractivity (Wildman–Crippen MR) is 119 cm³/mol. The number of fused-ring (bicyclic) bond motifs is 1. The molecule has 0 aliphatic carbocycles. The summed E-state index contributed by atoms with van der Waals surface area (Å²) >= 11 is 0. The number of aliphatic hydroxyl groups excluding tert-OH is 1. The van der Waals surface area contributed by atoms with E-state index >= 15 is 0 Å². The van der Waals surface area contributed by atoms with Crippen LogP contribution in [0.5, 0.6) is 5.88 Å². The van der Waals surface area contributed by atoms with Crippen LogP contribution in [0.1, 0.15) is 23.0 Å². The van der Waals surface area contributed by atoms with Crippen molar-refractivity contribution in [2.24, 2.45) is 11.3 Å². The number of amides is 1. The number of aryl methyl sites for hydroxylation is 1. The van der Waals surface area contributed by atoms with Crippen LogP contribution in [0.25, 0.3) is 5.65 Å². The fraction of sp³-hybridized carbons (Fsp3) is 0.455. The van der Waals surface area contributed by atoms with Gasteiger partial charge in [-0.1, -0.05) is 0 Å². The number of aromatic nitrogens is 4. The molecule has 0 bridgehead atoms. The molecule has 3 aromatic rings. The molecule has 11 heteroatoms. The van der Waals surface area contributed by atoms with Gasteiger partial charge in [-0.3, -0.25) is 4.79 Å². The van der Waals surface area contributed by atoms with Crippen LogP contribution >= 0.6 is 0 Å². The molecule has 0 aromatic carbocycles. The normalized spacial score (nSPS) is 19.2. The van der Waals surface area contributed by atoms with Crippen molar-refractivity contribution in [1.82, 2.24) is 24.7 Å². The van der Waals surface area contributed by atoms with Crippen LogP contribution in [-0.4, -0.2) is 69.8 Å². The summed E-state index contributed by atoms with van der Waals surface area (Å²) in [5.74, 6) is -0.288. The number of rotatable bonds is 6. The number of ether oxygens (including phenoxy) is 1. The molecule has 5 heterocycles. The fourth-order valence-corrected chi connectivity index (χ4v) is 4.64. The molecule has 0 saturated carbocycles. The summed E-state index contributed by atoms with van der Waals surface area (Å²) in [5.41, 5.74) is 1.32. The topological polar surface area (TPSA) is 117 Å². The Labute approximate surface area is 189 Å². The highest BCUT2D eigenvalue weighted by Crippen LogP contribution is 2.40. The third kappa shape index (κ3) is 3.76. The van der Waals surface area contributed by atoms with Crippen molar-refractivity contribution < 1.29 is 19.0 Å². The Morgan fingerprint density at radius 1 is 1.39 bits per heavy atom. The van der Waals surface area contributed by atoms with Crippen molar-refractivity contribution in [3.63, 3.8) is 0 Å². The van der Waals surface area contributed by atoms with Gasteiger partial charge in [0.05, 0.1) is 18.0 Å². The molecule has 1 atom stereocenters. The molecule has 2 saturated heterocycles. The maximum atomic E-state index is 14.4. The Morgan fingerprint density at radius 2 is 2.21 bits per heavy atom. The Balaban J connectivity index is 1.39. The molecule has 2 fully saturated rings. The zero-order valence-electron chi connectivity index (χ0n) is 18.5. The summed E-state index contributed by atoms with van der Waals surface area (Å²) in [5, 5.41) is 15.8. The van der Waals surface area contributed by atoms with Gasteiger partial charge < -0.3 is 29.8 Å². The average molecular weight is 455 g/mol. The van der Waals surface area contributed by atoms with Gasteiger partial charge in [-0.2, -0.15) is 4.98 Å². The number of carbonyl (C=O) groups is 1. The predicted octanol–water partition coefficient (Wildman–Crippen LogP) is 1.24. The molecule has 5 rings (SSSR count). The largest absolute Gasteiger partial charge is 0.477 e. The summed E-state index contributed by atoms with van der Waals surface area (Å²) in [4.78, 5) is 28.0. The van der Waals surface area contributed by atoms with Gasteiger partial charge in [-0.05, 0) is 13.8 Å². The first-order chi connectivity index (χ1) is 15.9. The molecule has 0 radical (unpaired) electrons. The van der Waals surface area contributed by atoms with E-state index in [4.69, 9.17) is 4.74 Å². The molecule has 2 aliphatic rings. The molecule has 1 amide bonds. The van der Waals surface area contributed by atoms with Gasteiger partial charge in [-0.15, -0.1) is 0 Å². The number of nitrogens with one attached hydrogen (secondary N) is 2. The van der Waals surface area contributed by atoms with Crippen LogP contribution in [0.3, 0.4) is 0 Å². The number of aliphatic hydroxyl groups is 1. The Bertz CT molecular complexity index is 1210. The van der Waals surface area contributed by atoms with E-state index in [0.717, 1.165) is 19.6 Å². The molecule has 174 valence electrons. The zero-order chi connectivity index (χ0) is 23.2. The molecule has 10 nitrogen and oxygen atoms in total. The number of pyridine rings is 1. The van der Waals surface area contributed by atoms with Crippen molar-refractivity contribution in [3.8, 4) is 5.88 Å². The van der Waals surface area contributed by atoms with E-state index in [2.05, 4.69) is 25.6 Å². The van der Waals surface area contributed by atoms with Crippen LogP contribution in [0.2, 0.25) is 0 Å². The van der Waals surface area contributed by atoms with E-state index in [1.54, 1.807) is 26.2 Å². The van der Waals surface area contributed by atoms with Crippen molar-refractivity contribution in [1.29, 1.82) is 0 Å². The summed E-state index contributed by atoms with van der Waals surface area (Å²) in [6.07, 6.45) is 4.70. The van der Waals surface area contributed by atoms with Crippen molar-refractivity contribution in [3.05, 3.63) is 41.7 Å². The van der Waals surface area contributed by atoms with Gasteiger partial charge in [0.25, 0.3) is 5.91 Å². The van der Waals surface area contributed by atoms with Crippen LogP contribution in [-0.2, 0) is 0 Å². The lowest BCUT2D eigenvalue weighted by molar-refractivity contribution is 0.0802. The van der Waals surface area contributed by atoms with E-state index < -0.39 is 11.7 Å². The van der Waals surface area contributed by atoms with E-state index in [1.165, 1.54) is 16.7 Å². The van der Waals surface area contributed by atoms with E-state index in [0.29, 0.717) is 24.8 Å². The number of carbonyl (C=O) groups excluding carboxylic acids is 1. The fourth-order valence-electron chi connectivity index (χ4n) is 4.64. The second-order valence-corrected chi connectivity index (χ2v) is 8.69. The molecule has 2 aliphatic heterocycles. The average Bonchev–Trinajstić information content (AvgIpc) is 3.34. The summed E-state index contributed by atoms with van der Waals surface area (Å²) < 4.78 is 21.6. The number of hydrogen-bond acceptors (Lipinski definition) is 8. The lowest BCUT2D eigenvalue weighted by Crippen LogP contribution is -2.58. The third-order valence-corrected chi connectivity index (χ3v) is 6.42. The van der Waals surface area contributed by atoms with Crippen LogP contribution in [0.4, 0.5) is 16.0 Å². The molecule has 1 unspecified atom stereocenters. The standard InChI is InChI=1S/C22H26FN7O3/c1-3-33-20-16(19(32)27-15-4-17(23)18-26-13(2)6-29(18)8-15)5-25-21(28-20)30-7-14(9-31)22(12-30)10-24-11-22/h4-6,8,14,24,31H,3,7,9-12H2,1-2H3,(H,27,32). The van der Waals surface area contributed by atoms with Gasteiger partial charge >= 0.3 is 0 Å². The second kappa shape index (κ2) is 8.23. The lowest BCUT2D eigenvalue weighted by Gasteiger charge is -2.42. The van der Waals surface area contributed by atoms with E-state index in [1.807, 2.05) is 4.90 Å². The molecular weight excluding hydrogens is 429 g/mol. The molecule has 33 heavy (non-hydrogen) atoms. The first-order valence-corrected chi connectivity index (χ1v) is 10.9. The molecular formula is C22H26FN7O3. The van der Waals surface area contributed by atoms with Crippen LogP contribution in [0.15, 0.2) is 24.7 Å². The number of imidazole rings is 1. The minimum Gasteiger partial charge on any atom is -0.477 e. The molecule has 3 N–H and O–H groups in total. The molecule has 1 spiro atoms. The highest BCUT2D eigenvalue weighted by molar-refractivity contribution is 6.05. The number of anilines is 2. The van der Waals surface area contributed by atoms with Crippen LogP contribution < -0.4 is 20.3 Å². The maximum Gasteiger partial charge on any atom is 0.262 e. The Morgan fingerprint density at radius 3 is 2.88 bits per heavy atom. The van der Waals surface area contributed by atoms with E-state index in [9.17, 15) is 14.3 Å². The maximum absolute atomic E-state index is 14.4. The smallest absolute Gasteiger partial charge is 0.262 e. The number of nitrogens with zero attached hydrogens (tertiary/aromatic N) is 5. The van der Waals surface area contributed by atoms with Gasteiger partial charge in [-0.25, -0.2) is 14.4 Å². The van der Waals surface area contributed by atoms with Crippen molar-refractivity contribution in [2.75, 3.05) is 49.6 Å². The minimum absolute atomic E-state index is 0.0222. The Kier molecular flexibility index (Phi) is 5.37. The first-order valence-electron chi connectivity index (χ1n) is 10.9. The number of hydrogen-bond donors (Lipinski definition) is 3. The minimum atomic E-state index is -0.538. The van der Waals surface area contributed by atoms with E-state index in [-0.39, 0.29) is 40.7 Å². The summed E-state index contributed by atoms with van der Waals surface area (Å²) in [7, 11) is 0. The summed E-state index contributed by atoms with van der Waals surface area (Å²) in [6.45, 7) is 7.07. The first kappa shape index (κ1) is 21.5. The second-order valence-electron chi connectivity index (χ2n) is 8.69. The van der Waals surface area contributed by atoms with Gasteiger partial charge in [0.2, 0.25) is 11.8 Å². The van der Waals surface area contributed by atoms with Gasteiger partial charge in [0.1, 0.15) is 5.56 Å². The van der Waals surface area contributed by atoms with Crippen LogP contribution in [0, 0.1) is 24.1 Å². The van der Waals surface area contributed by atoms with Crippen molar-refractivity contribution >= 4 is 23.2 Å². The Hall–Kier alpha value is -3.31. The number of halogens is 1. The highest BCUT2D eigenvalue weighted by Gasteiger charge is 2.50. The SMILES string of the molecule is CCOc1nc(N2CC(CO)C3(CNC3)C2)ncc1C(=O)Nc1cc(F)c2nc(C)cn2c1. The van der Waals surface area contributed by atoms with Gasteiger partial charge in [0.15, 0.2) is 11.5 Å².